The minimum atomic E-state index is -0.499. The number of oxazole rings is 1. The maximum atomic E-state index is 15.0. The van der Waals surface area contributed by atoms with Gasteiger partial charge in [0.15, 0.2) is 5.58 Å². The molecule has 1 aliphatic rings. The average Bonchev–Trinajstić information content (AvgIpc) is 3.46. The van der Waals surface area contributed by atoms with Crippen LogP contribution >= 0.6 is 0 Å². The van der Waals surface area contributed by atoms with Crippen molar-refractivity contribution in [1.82, 2.24) is 14.8 Å². The third-order valence-electron chi connectivity index (χ3n) is 6.89. The Hall–Kier alpha value is -3.29. The normalized spacial score (nSPS) is 16.5. The monoisotopic (exact) mass is 477 g/mol. The van der Waals surface area contributed by atoms with E-state index in [1.807, 2.05) is 12.1 Å². The van der Waals surface area contributed by atoms with E-state index in [2.05, 4.69) is 21.7 Å². The van der Waals surface area contributed by atoms with Gasteiger partial charge in [-0.3, -0.25) is 14.8 Å². The van der Waals surface area contributed by atoms with Crippen LogP contribution in [-0.4, -0.2) is 40.5 Å². The van der Waals surface area contributed by atoms with Crippen LogP contribution in [-0.2, 0) is 13.1 Å². The van der Waals surface area contributed by atoms with Crippen LogP contribution < -0.4 is 5.76 Å². The van der Waals surface area contributed by atoms with Gasteiger partial charge in [0.2, 0.25) is 0 Å². The molecule has 1 aromatic heterocycles. The van der Waals surface area contributed by atoms with Crippen LogP contribution in [0.1, 0.15) is 30.9 Å². The SMILES string of the molecule is CCN1CCC[C@@H]1CN(Cc1ccc(F)cc1)Cc1cc(-c2ccc3[nH]c(=O)oc3c2)ccc1F. The van der Waals surface area contributed by atoms with E-state index >= 15 is 0 Å². The van der Waals surface area contributed by atoms with Gasteiger partial charge in [0.25, 0.3) is 0 Å². The van der Waals surface area contributed by atoms with Crippen LogP contribution in [0.25, 0.3) is 22.2 Å². The summed E-state index contributed by atoms with van der Waals surface area (Å²) in [6, 6.07) is 17.5. The number of aromatic amines is 1. The molecule has 0 saturated carbocycles. The second kappa shape index (κ2) is 10.1. The highest BCUT2D eigenvalue weighted by Gasteiger charge is 2.25. The number of likely N-dealkylation sites (N-methyl/N-ethyl adjacent to an activating group) is 1. The molecule has 2 heterocycles. The quantitative estimate of drug-likeness (QED) is 0.361. The van der Waals surface area contributed by atoms with Crippen LogP contribution in [0.4, 0.5) is 8.78 Å². The number of rotatable bonds is 8. The first-order chi connectivity index (χ1) is 17.0. The summed E-state index contributed by atoms with van der Waals surface area (Å²) in [5.74, 6) is -1.02. The molecule has 0 aliphatic carbocycles. The zero-order chi connectivity index (χ0) is 24.4. The molecule has 0 amide bonds. The van der Waals surface area contributed by atoms with Crippen molar-refractivity contribution in [3.63, 3.8) is 0 Å². The Bertz CT molecular complexity index is 1360. The Balaban J connectivity index is 1.42. The number of nitrogens with zero attached hydrogens (tertiary/aromatic N) is 2. The number of nitrogens with one attached hydrogen (secondary N) is 1. The first-order valence-electron chi connectivity index (χ1n) is 12.1. The Morgan fingerprint density at radius 2 is 1.80 bits per heavy atom. The molecule has 1 atom stereocenters. The lowest BCUT2D eigenvalue weighted by molar-refractivity contribution is 0.164. The van der Waals surface area contributed by atoms with Crippen molar-refractivity contribution in [2.75, 3.05) is 19.6 Å². The smallest absolute Gasteiger partial charge is 0.408 e. The third kappa shape index (κ3) is 5.36. The van der Waals surface area contributed by atoms with Crippen LogP contribution in [0.2, 0.25) is 0 Å². The summed E-state index contributed by atoms with van der Waals surface area (Å²) in [5, 5.41) is 0. The van der Waals surface area contributed by atoms with Crippen molar-refractivity contribution in [1.29, 1.82) is 0 Å². The van der Waals surface area contributed by atoms with Gasteiger partial charge in [0.05, 0.1) is 5.52 Å². The van der Waals surface area contributed by atoms with E-state index in [9.17, 15) is 13.6 Å². The minimum absolute atomic E-state index is 0.258. The molecule has 5 rings (SSSR count). The van der Waals surface area contributed by atoms with Gasteiger partial charge in [0.1, 0.15) is 11.6 Å². The van der Waals surface area contributed by atoms with Crippen molar-refractivity contribution >= 4 is 11.1 Å². The van der Waals surface area contributed by atoms with Crippen molar-refractivity contribution in [3.05, 3.63) is 94.0 Å². The average molecular weight is 478 g/mol. The van der Waals surface area contributed by atoms with E-state index in [0.29, 0.717) is 35.8 Å². The van der Waals surface area contributed by atoms with Crippen LogP contribution in [0, 0.1) is 11.6 Å². The molecule has 0 unspecified atom stereocenters. The minimum Gasteiger partial charge on any atom is -0.408 e. The van der Waals surface area contributed by atoms with Crippen molar-refractivity contribution in [2.24, 2.45) is 0 Å². The lowest BCUT2D eigenvalue weighted by Crippen LogP contribution is -2.39. The Kier molecular flexibility index (Phi) is 6.79. The summed E-state index contributed by atoms with van der Waals surface area (Å²) >= 11 is 0. The summed E-state index contributed by atoms with van der Waals surface area (Å²) < 4.78 is 33.6. The van der Waals surface area contributed by atoms with Crippen LogP contribution in [0.15, 0.2) is 69.9 Å². The van der Waals surface area contributed by atoms with E-state index in [4.69, 9.17) is 4.42 Å². The number of hydrogen-bond donors (Lipinski definition) is 1. The van der Waals surface area contributed by atoms with E-state index < -0.39 is 5.76 Å². The van der Waals surface area contributed by atoms with Gasteiger partial charge in [-0.1, -0.05) is 31.2 Å². The molecule has 1 fully saturated rings. The molecule has 7 heteroatoms. The van der Waals surface area contributed by atoms with Gasteiger partial charge in [-0.25, -0.2) is 13.6 Å². The molecule has 1 saturated heterocycles. The lowest BCUT2D eigenvalue weighted by Gasteiger charge is -2.30. The Morgan fingerprint density at radius 3 is 2.60 bits per heavy atom. The predicted octanol–water partition coefficient (Wildman–Crippen LogP) is 5.55. The highest BCUT2D eigenvalue weighted by atomic mass is 19.1. The number of likely N-dealkylation sites (tertiary alicyclic amines) is 1. The molecule has 35 heavy (non-hydrogen) atoms. The molecule has 1 N–H and O–H groups in total. The van der Waals surface area contributed by atoms with Crippen LogP contribution in [0.3, 0.4) is 0 Å². The largest absolute Gasteiger partial charge is 0.417 e. The highest BCUT2D eigenvalue weighted by Crippen LogP contribution is 2.27. The molecular formula is C28H29F2N3O2. The van der Waals surface area contributed by atoms with Crippen LogP contribution in [0.5, 0.6) is 0 Å². The topological polar surface area (TPSA) is 52.5 Å². The number of halogens is 2. The number of fused-ring (bicyclic) bond motifs is 1. The van der Waals surface area contributed by atoms with Gasteiger partial charge < -0.3 is 4.42 Å². The lowest BCUT2D eigenvalue weighted by atomic mass is 10.0. The van der Waals surface area contributed by atoms with Crippen molar-refractivity contribution < 1.29 is 13.2 Å². The zero-order valence-electron chi connectivity index (χ0n) is 19.8. The molecule has 1 aliphatic heterocycles. The van der Waals surface area contributed by atoms with Crippen molar-refractivity contribution in [3.8, 4) is 11.1 Å². The molecule has 0 spiro atoms. The first kappa shape index (κ1) is 23.5. The number of benzene rings is 3. The molecular weight excluding hydrogens is 448 g/mol. The maximum Gasteiger partial charge on any atom is 0.417 e. The third-order valence-corrected chi connectivity index (χ3v) is 6.89. The summed E-state index contributed by atoms with van der Waals surface area (Å²) in [6.07, 6.45) is 2.29. The Morgan fingerprint density at radius 1 is 1.03 bits per heavy atom. The predicted molar refractivity (Wildman–Crippen MR) is 133 cm³/mol. The van der Waals surface area contributed by atoms with Gasteiger partial charge in [-0.05, 0) is 79.0 Å². The molecule has 0 bridgehead atoms. The van der Waals surface area contributed by atoms with Crippen molar-refractivity contribution in [2.45, 2.75) is 38.9 Å². The fraction of sp³-hybridized carbons (Fsp3) is 0.321. The first-order valence-corrected chi connectivity index (χ1v) is 12.1. The van der Waals surface area contributed by atoms with Gasteiger partial charge in [-0.15, -0.1) is 0 Å². The van der Waals surface area contributed by atoms with Gasteiger partial charge >= 0.3 is 5.76 Å². The Labute approximate surface area is 203 Å². The standard InChI is InChI=1S/C28H29F2N3O2/c1-2-33-13-3-4-24(33)18-32(16-19-5-9-23(29)10-6-19)17-22-14-20(7-11-25(22)30)21-8-12-26-27(15-21)35-28(34)31-26/h5-12,14-15,24H,2-4,13,16-18H2,1H3,(H,31,34)/t24-/m1/s1. The van der Waals surface area contributed by atoms with E-state index in [-0.39, 0.29) is 11.6 Å². The zero-order valence-corrected chi connectivity index (χ0v) is 19.8. The molecule has 5 nitrogen and oxygen atoms in total. The summed E-state index contributed by atoms with van der Waals surface area (Å²) in [4.78, 5) is 18.9. The summed E-state index contributed by atoms with van der Waals surface area (Å²) in [5.41, 5.74) is 4.39. The second-order valence-corrected chi connectivity index (χ2v) is 9.25. The second-order valence-electron chi connectivity index (χ2n) is 9.25. The van der Waals surface area contributed by atoms with E-state index in [1.54, 1.807) is 30.3 Å². The molecule has 4 aromatic rings. The maximum absolute atomic E-state index is 15.0. The van der Waals surface area contributed by atoms with E-state index in [1.165, 1.54) is 24.6 Å². The number of H-pyrrole nitrogens is 1. The fourth-order valence-corrected chi connectivity index (χ4v) is 5.09. The molecule has 182 valence electrons. The van der Waals surface area contributed by atoms with E-state index in [0.717, 1.165) is 42.7 Å². The summed E-state index contributed by atoms with van der Waals surface area (Å²) in [6.45, 7) is 6.12. The molecule has 3 aromatic carbocycles. The van der Waals surface area contributed by atoms with Gasteiger partial charge in [0, 0.05) is 31.2 Å². The highest BCUT2D eigenvalue weighted by molar-refractivity contribution is 5.80. The summed E-state index contributed by atoms with van der Waals surface area (Å²) in [7, 11) is 0. The number of aromatic nitrogens is 1. The fourth-order valence-electron chi connectivity index (χ4n) is 5.09. The number of hydrogen-bond acceptors (Lipinski definition) is 4. The molecule has 0 radical (unpaired) electrons. The van der Waals surface area contributed by atoms with Gasteiger partial charge in [-0.2, -0.15) is 0 Å².